The fourth-order valence-corrected chi connectivity index (χ4v) is 3.22. The zero-order valence-corrected chi connectivity index (χ0v) is 16.6. The molecule has 1 unspecified atom stereocenters. The van der Waals surface area contributed by atoms with E-state index in [0.29, 0.717) is 22.9 Å². The summed E-state index contributed by atoms with van der Waals surface area (Å²) in [6.45, 7) is 8.29. The number of benzene rings is 1. The number of rotatable bonds is 2. The van der Waals surface area contributed by atoms with Crippen molar-refractivity contribution in [2.45, 2.75) is 32.1 Å². The van der Waals surface area contributed by atoms with E-state index in [1.54, 1.807) is 0 Å². The van der Waals surface area contributed by atoms with Crippen molar-refractivity contribution >= 4 is 18.5 Å². The van der Waals surface area contributed by atoms with Crippen LogP contribution in [0, 0.1) is 11.3 Å². The van der Waals surface area contributed by atoms with Gasteiger partial charge in [-0.15, -0.1) is 12.6 Å². The Morgan fingerprint density at radius 3 is 2.35 bits per heavy atom. The minimum Gasteiger partial charge on any atom is -0.379 e. The highest BCUT2D eigenvalue weighted by Crippen LogP contribution is 2.33. The molecule has 2 aliphatic rings. The monoisotopic (exact) mass is 373 g/mol. The van der Waals surface area contributed by atoms with Crippen LogP contribution in [0.2, 0.25) is 0 Å². The van der Waals surface area contributed by atoms with Crippen LogP contribution in [0.4, 0.5) is 0 Å². The maximum absolute atomic E-state index is 11.6. The van der Waals surface area contributed by atoms with Crippen LogP contribution in [-0.4, -0.2) is 44.2 Å². The maximum Gasteiger partial charge on any atom is 0.225 e. The summed E-state index contributed by atoms with van der Waals surface area (Å²) in [5, 5.41) is 12.2. The van der Waals surface area contributed by atoms with Crippen LogP contribution in [0.25, 0.3) is 0 Å². The van der Waals surface area contributed by atoms with Gasteiger partial charge in [0.2, 0.25) is 5.91 Å². The van der Waals surface area contributed by atoms with Crippen molar-refractivity contribution in [3.8, 4) is 6.07 Å². The molecule has 140 valence electrons. The molecule has 1 fully saturated rings. The van der Waals surface area contributed by atoms with E-state index in [0.717, 1.165) is 31.9 Å². The predicted molar refractivity (Wildman–Crippen MR) is 106 cm³/mol. The molecule has 0 aromatic heterocycles. The molecule has 1 aromatic rings. The second-order valence-electron chi connectivity index (χ2n) is 6.92. The quantitative estimate of drug-likeness (QED) is 0.782. The Hall–Kier alpha value is -1.81. The largest absolute Gasteiger partial charge is 0.379 e. The Labute approximate surface area is 161 Å². The molecular weight excluding hydrogens is 346 g/mol. The lowest BCUT2D eigenvalue weighted by molar-refractivity contribution is -0.120. The number of nitrogens with one attached hydrogen (secondary N) is 1. The lowest BCUT2D eigenvalue weighted by Crippen LogP contribution is -2.32. The smallest absolute Gasteiger partial charge is 0.225 e. The van der Waals surface area contributed by atoms with Crippen LogP contribution < -0.4 is 5.32 Å². The highest BCUT2D eigenvalue weighted by Gasteiger charge is 2.27. The summed E-state index contributed by atoms with van der Waals surface area (Å²) >= 11 is 4.18. The number of morpholine rings is 1. The molecule has 1 atom stereocenters. The summed E-state index contributed by atoms with van der Waals surface area (Å²) in [6.07, 6.45) is 0.300. The van der Waals surface area contributed by atoms with Gasteiger partial charge in [-0.25, -0.2) is 0 Å². The fraction of sp³-hybridized carbons (Fsp3) is 0.500. The third-order valence-electron chi connectivity index (χ3n) is 4.61. The first kappa shape index (κ1) is 20.5. The van der Waals surface area contributed by atoms with Gasteiger partial charge in [-0.3, -0.25) is 4.79 Å². The maximum atomic E-state index is 11.6. The normalized spacial score (nSPS) is 20.9. The number of carbonyl (C=O) groups is 1. The van der Waals surface area contributed by atoms with Crippen molar-refractivity contribution in [3.05, 3.63) is 46.0 Å². The lowest BCUT2D eigenvalue weighted by Gasteiger charge is -2.23. The van der Waals surface area contributed by atoms with E-state index >= 15 is 0 Å². The van der Waals surface area contributed by atoms with Crippen molar-refractivity contribution in [1.29, 1.82) is 5.26 Å². The topological polar surface area (TPSA) is 65.4 Å². The minimum absolute atomic E-state index is 0.0954. The molecule has 3 rings (SSSR count). The number of nitriles is 1. The zero-order chi connectivity index (χ0) is 19.1. The third kappa shape index (κ3) is 5.60. The Morgan fingerprint density at radius 2 is 1.88 bits per heavy atom. The molecule has 0 saturated carbocycles. The molecule has 5 nitrogen and oxygen atoms in total. The second kappa shape index (κ2) is 9.77. The van der Waals surface area contributed by atoms with Crippen LogP contribution in [0.1, 0.15) is 43.2 Å². The molecule has 1 saturated heterocycles. The molecule has 1 amide bonds. The van der Waals surface area contributed by atoms with E-state index in [-0.39, 0.29) is 11.8 Å². The highest BCUT2D eigenvalue weighted by molar-refractivity contribution is 7.84. The van der Waals surface area contributed by atoms with Crippen LogP contribution in [0.5, 0.6) is 0 Å². The van der Waals surface area contributed by atoms with Gasteiger partial charge in [-0.2, -0.15) is 5.26 Å². The fourth-order valence-electron chi connectivity index (χ4n) is 2.89. The van der Waals surface area contributed by atoms with E-state index in [1.165, 1.54) is 5.56 Å². The highest BCUT2D eigenvalue weighted by atomic mass is 32.1. The summed E-state index contributed by atoms with van der Waals surface area (Å²) in [5.41, 5.74) is 2.76. The van der Waals surface area contributed by atoms with Gasteiger partial charge < -0.3 is 15.0 Å². The van der Waals surface area contributed by atoms with Gasteiger partial charge in [-0.1, -0.05) is 38.1 Å². The molecule has 6 heteroatoms. The van der Waals surface area contributed by atoms with Crippen molar-refractivity contribution in [2.24, 2.45) is 0 Å². The van der Waals surface area contributed by atoms with Gasteiger partial charge in [0.25, 0.3) is 0 Å². The molecule has 26 heavy (non-hydrogen) atoms. The van der Waals surface area contributed by atoms with Crippen molar-refractivity contribution in [3.63, 3.8) is 0 Å². The molecule has 2 aliphatic heterocycles. The van der Waals surface area contributed by atoms with E-state index in [4.69, 9.17) is 4.74 Å². The average molecular weight is 374 g/mol. The number of hydrogen-bond donors (Lipinski definition) is 2. The second-order valence-corrected chi connectivity index (χ2v) is 7.36. The summed E-state index contributed by atoms with van der Waals surface area (Å²) < 4.78 is 5.10. The number of likely N-dealkylation sites (N-methyl/N-ethyl adjacent to an activating group) is 1. The standard InChI is InChI=1S/C15H16N2OS.C5H11NO/c1-9(2)10-3-5-11(6-4-10)12-7-14(18)17-15(19)13(12)8-16;1-6-2-4-7-5-3-6/h3-6,9,12,19H,7H2,1-2H3,(H,17,18);2-5H2,1H3. The first-order valence-corrected chi connectivity index (χ1v) is 9.36. The Bertz CT molecular complexity index is 686. The number of hydrogen-bond acceptors (Lipinski definition) is 5. The number of nitrogens with zero attached hydrogens (tertiary/aromatic N) is 2. The van der Waals surface area contributed by atoms with E-state index in [1.807, 2.05) is 12.1 Å². The van der Waals surface area contributed by atoms with Gasteiger partial charge >= 0.3 is 0 Å². The average Bonchev–Trinajstić information content (AvgIpc) is 2.62. The van der Waals surface area contributed by atoms with Crippen molar-refractivity contribution in [1.82, 2.24) is 10.2 Å². The number of carbonyl (C=O) groups excluding carboxylic acids is 1. The molecule has 0 bridgehead atoms. The van der Waals surface area contributed by atoms with Gasteiger partial charge in [0.15, 0.2) is 0 Å². The van der Waals surface area contributed by atoms with Crippen LogP contribution >= 0.6 is 12.6 Å². The van der Waals surface area contributed by atoms with Gasteiger partial charge in [0.1, 0.15) is 0 Å². The SMILES string of the molecule is CC(C)c1ccc(C2CC(=O)NC(S)=C2C#N)cc1.CN1CCOCC1. The molecule has 0 radical (unpaired) electrons. The zero-order valence-electron chi connectivity index (χ0n) is 15.7. The first-order valence-electron chi connectivity index (χ1n) is 8.91. The Balaban J connectivity index is 0.000000290. The molecule has 2 heterocycles. The van der Waals surface area contributed by atoms with Crippen LogP contribution in [0.3, 0.4) is 0 Å². The third-order valence-corrected chi connectivity index (χ3v) is 4.96. The van der Waals surface area contributed by atoms with Crippen LogP contribution in [0.15, 0.2) is 34.9 Å². The Kier molecular flexibility index (Phi) is 7.70. The molecule has 1 N–H and O–H groups in total. The molecule has 0 spiro atoms. The minimum atomic E-state index is -0.188. The summed E-state index contributed by atoms with van der Waals surface area (Å²) in [5.74, 6) is 0.185. The van der Waals surface area contributed by atoms with E-state index < -0.39 is 0 Å². The lowest BCUT2D eigenvalue weighted by atomic mass is 9.86. The molecular formula is C20H27N3O2S. The number of amides is 1. The van der Waals surface area contributed by atoms with Crippen molar-refractivity contribution in [2.75, 3.05) is 33.4 Å². The van der Waals surface area contributed by atoms with E-state index in [9.17, 15) is 10.1 Å². The van der Waals surface area contributed by atoms with Crippen LogP contribution in [-0.2, 0) is 9.53 Å². The summed E-state index contributed by atoms with van der Waals surface area (Å²) in [7, 11) is 2.11. The molecule has 0 aliphatic carbocycles. The molecule has 1 aromatic carbocycles. The van der Waals surface area contributed by atoms with Gasteiger partial charge in [0, 0.05) is 25.4 Å². The predicted octanol–water partition coefficient (Wildman–Crippen LogP) is 3.03. The van der Waals surface area contributed by atoms with E-state index in [2.05, 4.69) is 61.9 Å². The number of thiol groups is 1. The Morgan fingerprint density at radius 1 is 1.27 bits per heavy atom. The summed E-state index contributed by atoms with van der Waals surface area (Å²) in [4.78, 5) is 13.9. The first-order chi connectivity index (χ1) is 12.4. The van der Waals surface area contributed by atoms with Crippen molar-refractivity contribution < 1.29 is 9.53 Å². The van der Waals surface area contributed by atoms with Gasteiger partial charge in [0.05, 0.1) is 29.9 Å². The summed E-state index contributed by atoms with van der Waals surface area (Å²) in [6, 6.07) is 10.3. The number of allylic oxidation sites excluding steroid dienone is 1. The van der Waals surface area contributed by atoms with Gasteiger partial charge in [-0.05, 0) is 24.1 Å². The number of ether oxygens (including phenoxy) is 1.